The van der Waals surface area contributed by atoms with Crippen molar-refractivity contribution in [1.29, 1.82) is 0 Å². The number of aryl methyl sites for hydroxylation is 1. The molecule has 7 nitrogen and oxygen atoms in total. The summed E-state index contributed by atoms with van der Waals surface area (Å²) in [7, 11) is -3.54. The summed E-state index contributed by atoms with van der Waals surface area (Å²) in [5.74, 6) is -0.484. The molecule has 0 aliphatic heterocycles. The highest BCUT2D eigenvalue weighted by molar-refractivity contribution is 7.92. The standard InChI is InChI=1S/C27H37Cl2N3O4S/c1-6-20(4)30-27(34)25(7-2)31(18-21-12-13-22(28)17-24(21)29)26(33)9-8-16-32(37(5,35)36)23-14-10-19(3)11-15-23/h10-15,17,20,25H,6-9,16,18H2,1-5H3,(H,30,34)/t20-,25-/m0/s1. The highest BCUT2D eigenvalue weighted by atomic mass is 35.5. The molecular formula is C27H37Cl2N3O4S. The molecule has 0 unspecified atom stereocenters. The molecular weight excluding hydrogens is 533 g/mol. The van der Waals surface area contributed by atoms with Crippen LogP contribution in [0.3, 0.4) is 0 Å². The number of hydrogen-bond donors (Lipinski definition) is 1. The average Bonchev–Trinajstić information content (AvgIpc) is 2.82. The second-order valence-electron chi connectivity index (χ2n) is 9.27. The molecule has 2 amide bonds. The molecule has 204 valence electrons. The number of benzene rings is 2. The Balaban J connectivity index is 2.25. The molecule has 0 aliphatic rings. The lowest BCUT2D eigenvalue weighted by Gasteiger charge is -2.32. The van der Waals surface area contributed by atoms with Gasteiger partial charge in [-0.05, 0) is 62.9 Å². The van der Waals surface area contributed by atoms with Gasteiger partial charge in [0.1, 0.15) is 6.04 Å². The van der Waals surface area contributed by atoms with Gasteiger partial charge >= 0.3 is 0 Å². The topological polar surface area (TPSA) is 86.8 Å². The largest absolute Gasteiger partial charge is 0.352 e. The molecule has 0 saturated carbocycles. The molecule has 0 spiro atoms. The Labute approximate surface area is 231 Å². The molecule has 0 bridgehead atoms. The fourth-order valence-electron chi connectivity index (χ4n) is 3.91. The molecule has 0 heterocycles. The van der Waals surface area contributed by atoms with Crippen LogP contribution in [0.5, 0.6) is 0 Å². The van der Waals surface area contributed by atoms with Crippen LogP contribution in [0.15, 0.2) is 42.5 Å². The van der Waals surface area contributed by atoms with Crippen molar-refractivity contribution in [2.45, 2.75) is 72.0 Å². The second-order valence-corrected chi connectivity index (χ2v) is 12.0. The third-order valence-electron chi connectivity index (χ3n) is 6.22. The van der Waals surface area contributed by atoms with E-state index in [1.54, 1.807) is 30.3 Å². The lowest BCUT2D eigenvalue weighted by Crippen LogP contribution is -2.50. The van der Waals surface area contributed by atoms with Crippen LogP contribution in [0.2, 0.25) is 10.0 Å². The van der Waals surface area contributed by atoms with E-state index >= 15 is 0 Å². The van der Waals surface area contributed by atoms with E-state index < -0.39 is 16.1 Å². The summed E-state index contributed by atoms with van der Waals surface area (Å²) in [5, 5.41) is 3.86. The highest BCUT2D eigenvalue weighted by Gasteiger charge is 2.30. The lowest BCUT2D eigenvalue weighted by molar-refractivity contribution is -0.141. The van der Waals surface area contributed by atoms with E-state index in [0.717, 1.165) is 18.2 Å². The molecule has 2 aromatic carbocycles. The first-order chi connectivity index (χ1) is 17.4. The zero-order chi connectivity index (χ0) is 27.8. The molecule has 0 fully saturated rings. The molecule has 0 saturated heterocycles. The average molecular weight is 571 g/mol. The van der Waals surface area contributed by atoms with Crippen LogP contribution in [0.25, 0.3) is 0 Å². The van der Waals surface area contributed by atoms with Crippen LogP contribution in [-0.4, -0.2) is 50.0 Å². The molecule has 0 aliphatic carbocycles. The van der Waals surface area contributed by atoms with Gasteiger partial charge in [0.25, 0.3) is 0 Å². The van der Waals surface area contributed by atoms with Gasteiger partial charge in [-0.25, -0.2) is 8.42 Å². The van der Waals surface area contributed by atoms with Gasteiger partial charge in [-0.1, -0.05) is 60.8 Å². The number of sulfonamides is 1. The van der Waals surface area contributed by atoms with Crippen LogP contribution in [0.4, 0.5) is 5.69 Å². The SMILES string of the molecule is CC[C@H](C)NC(=O)[C@H](CC)N(Cc1ccc(Cl)cc1Cl)C(=O)CCCN(c1ccc(C)cc1)S(C)(=O)=O. The number of rotatable bonds is 13. The van der Waals surface area contributed by atoms with Gasteiger partial charge in [-0.15, -0.1) is 0 Å². The fourth-order valence-corrected chi connectivity index (χ4v) is 5.34. The Morgan fingerprint density at radius 1 is 1.03 bits per heavy atom. The van der Waals surface area contributed by atoms with E-state index in [4.69, 9.17) is 23.2 Å². The van der Waals surface area contributed by atoms with Crippen molar-refractivity contribution in [1.82, 2.24) is 10.2 Å². The minimum atomic E-state index is -3.54. The summed E-state index contributed by atoms with van der Waals surface area (Å²) in [4.78, 5) is 28.1. The van der Waals surface area contributed by atoms with Gasteiger partial charge in [0.15, 0.2) is 0 Å². The number of carbonyl (C=O) groups is 2. The third-order valence-corrected chi connectivity index (χ3v) is 8.00. The maximum Gasteiger partial charge on any atom is 0.243 e. The smallest absolute Gasteiger partial charge is 0.243 e. The Morgan fingerprint density at radius 3 is 2.22 bits per heavy atom. The quantitative estimate of drug-likeness (QED) is 0.341. The Bertz CT molecular complexity index is 1170. The Kier molecular flexibility index (Phi) is 11.7. The molecule has 1 N–H and O–H groups in total. The van der Waals surface area contributed by atoms with Crippen molar-refractivity contribution in [3.63, 3.8) is 0 Å². The first kappa shape index (κ1) is 30.9. The van der Waals surface area contributed by atoms with Crippen molar-refractivity contribution in [2.24, 2.45) is 0 Å². The Morgan fingerprint density at radius 2 is 1.68 bits per heavy atom. The monoisotopic (exact) mass is 569 g/mol. The van der Waals surface area contributed by atoms with Gasteiger partial charge in [0.05, 0.1) is 11.9 Å². The van der Waals surface area contributed by atoms with Crippen LogP contribution < -0.4 is 9.62 Å². The number of carbonyl (C=O) groups excluding carboxylic acids is 2. The zero-order valence-corrected chi connectivity index (χ0v) is 24.5. The van der Waals surface area contributed by atoms with Crippen molar-refractivity contribution in [3.05, 3.63) is 63.6 Å². The predicted octanol–water partition coefficient (Wildman–Crippen LogP) is 5.57. The summed E-state index contributed by atoms with van der Waals surface area (Å²) in [6, 6.07) is 11.5. The van der Waals surface area contributed by atoms with E-state index in [1.165, 1.54) is 9.21 Å². The van der Waals surface area contributed by atoms with Gasteiger partial charge < -0.3 is 10.2 Å². The van der Waals surface area contributed by atoms with Crippen molar-refractivity contribution in [3.8, 4) is 0 Å². The van der Waals surface area contributed by atoms with Crippen molar-refractivity contribution in [2.75, 3.05) is 17.1 Å². The van der Waals surface area contributed by atoms with Crippen LogP contribution >= 0.6 is 23.2 Å². The molecule has 2 aromatic rings. The van der Waals surface area contributed by atoms with Crippen molar-refractivity contribution < 1.29 is 18.0 Å². The number of hydrogen-bond acceptors (Lipinski definition) is 4. The van der Waals surface area contributed by atoms with Crippen LogP contribution in [-0.2, 0) is 26.2 Å². The number of nitrogens with zero attached hydrogens (tertiary/aromatic N) is 2. The summed E-state index contributed by atoms with van der Waals surface area (Å²) < 4.78 is 26.2. The van der Waals surface area contributed by atoms with E-state index in [0.29, 0.717) is 27.7 Å². The summed E-state index contributed by atoms with van der Waals surface area (Å²) >= 11 is 12.4. The fraction of sp³-hybridized carbons (Fsp3) is 0.481. The minimum Gasteiger partial charge on any atom is -0.352 e. The molecule has 0 aromatic heterocycles. The summed E-state index contributed by atoms with van der Waals surface area (Å²) in [6.07, 6.45) is 2.68. The molecule has 10 heteroatoms. The first-order valence-electron chi connectivity index (χ1n) is 12.5. The van der Waals surface area contributed by atoms with E-state index in [1.807, 2.05) is 39.8 Å². The van der Waals surface area contributed by atoms with Crippen LogP contribution in [0.1, 0.15) is 57.6 Å². The second kappa shape index (κ2) is 14.0. The van der Waals surface area contributed by atoms with E-state index in [2.05, 4.69) is 5.32 Å². The molecule has 0 radical (unpaired) electrons. The highest BCUT2D eigenvalue weighted by Crippen LogP contribution is 2.25. The lowest BCUT2D eigenvalue weighted by atomic mass is 10.1. The van der Waals surface area contributed by atoms with E-state index in [-0.39, 0.29) is 43.8 Å². The van der Waals surface area contributed by atoms with Crippen LogP contribution in [0, 0.1) is 6.92 Å². The first-order valence-corrected chi connectivity index (χ1v) is 15.1. The molecule has 37 heavy (non-hydrogen) atoms. The van der Waals surface area contributed by atoms with Gasteiger partial charge in [-0.2, -0.15) is 0 Å². The van der Waals surface area contributed by atoms with Gasteiger partial charge in [0, 0.05) is 35.6 Å². The number of amides is 2. The van der Waals surface area contributed by atoms with Crippen molar-refractivity contribution >= 4 is 50.7 Å². The minimum absolute atomic E-state index is 0.0320. The Hall–Kier alpha value is -2.29. The maximum absolute atomic E-state index is 13.5. The normalized spacial score (nSPS) is 13.1. The molecule has 2 atom stereocenters. The maximum atomic E-state index is 13.5. The van der Waals surface area contributed by atoms with E-state index in [9.17, 15) is 18.0 Å². The van der Waals surface area contributed by atoms with Gasteiger partial charge in [-0.3, -0.25) is 13.9 Å². The number of nitrogens with one attached hydrogen (secondary N) is 1. The van der Waals surface area contributed by atoms with Gasteiger partial charge in [0.2, 0.25) is 21.8 Å². The number of halogens is 2. The number of anilines is 1. The predicted molar refractivity (Wildman–Crippen MR) is 152 cm³/mol. The third kappa shape index (κ3) is 9.20. The summed E-state index contributed by atoms with van der Waals surface area (Å²) in [5.41, 5.74) is 2.24. The molecule has 2 rings (SSSR count). The summed E-state index contributed by atoms with van der Waals surface area (Å²) in [6.45, 7) is 7.94. The zero-order valence-electron chi connectivity index (χ0n) is 22.1.